The van der Waals surface area contributed by atoms with E-state index in [9.17, 15) is 9.90 Å². The Morgan fingerprint density at radius 2 is 1.96 bits per heavy atom. The minimum atomic E-state index is -1.12. The largest absolute Gasteiger partial charge is 0.492 e. The molecule has 0 bridgehead atoms. The summed E-state index contributed by atoms with van der Waals surface area (Å²) in [5, 5.41) is 22.1. The second-order valence-electron chi connectivity index (χ2n) is 5.82. The number of aromatic hydroxyl groups is 1. The zero-order valence-corrected chi connectivity index (χ0v) is 14.8. The van der Waals surface area contributed by atoms with E-state index in [0.29, 0.717) is 0 Å². The fraction of sp³-hybridized carbons (Fsp3) is 0.278. The molecule has 0 radical (unpaired) electrons. The van der Waals surface area contributed by atoms with Crippen LogP contribution in [0.1, 0.15) is 11.3 Å². The summed E-state index contributed by atoms with van der Waals surface area (Å²) in [5.41, 5.74) is 5.05. The maximum Gasteiger partial charge on any atom is 0.323 e. The zero-order chi connectivity index (χ0) is 18.5. The number of hydrogen-bond donors (Lipinski definition) is 3. The third-order valence-corrected chi connectivity index (χ3v) is 4.33. The van der Waals surface area contributed by atoms with Crippen molar-refractivity contribution in [2.24, 2.45) is 0 Å². The number of nitrogens with zero attached hydrogens (tertiary/aromatic N) is 2. The van der Waals surface area contributed by atoms with Gasteiger partial charge in [-0.05, 0) is 36.0 Å². The highest BCUT2D eigenvalue weighted by molar-refractivity contribution is 7.71. The fourth-order valence-electron chi connectivity index (χ4n) is 2.70. The van der Waals surface area contributed by atoms with Crippen LogP contribution >= 0.6 is 12.2 Å². The quantitative estimate of drug-likeness (QED) is 0.547. The second kappa shape index (κ2) is 8.05. The lowest BCUT2D eigenvalue weighted by atomic mass is 10.2. The van der Waals surface area contributed by atoms with Gasteiger partial charge in [-0.25, -0.2) is 0 Å². The monoisotopic (exact) mass is 373 g/mol. The number of piperazine rings is 1. The number of nitrogens with one attached hydrogen (secondary N) is 1. The number of benzene rings is 1. The van der Waals surface area contributed by atoms with Crippen molar-refractivity contribution in [1.29, 1.82) is 0 Å². The fourth-order valence-corrected chi connectivity index (χ4v) is 2.94. The smallest absolute Gasteiger partial charge is 0.323 e. The van der Waals surface area contributed by atoms with E-state index in [1.807, 2.05) is 12.1 Å². The molecule has 0 unspecified atom stereocenters. The van der Waals surface area contributed by atoms with Crippen LogP contribution in [0.4, 0.5) is 5.69 Å². The lowest BCUT2D eigenvalue weighted by Crippen LogP contribution is -2.43. The Hall–Kier alpha value is -2.80. The molecule has 1 saturated heterocycles. The zero-order valence-electron chi connectivity index (χ0n) is 14.0. The highest BCUT2D eigenvalue weighted by atomic mass is 32.1. The van der Waals surface area contributed by atoms with E-state index in [-0.39, 0.29) is 16.5 Å². The van der Waals surface area contributed by atoms with Gasteiger partial charge in [-0.2, -0.15) is 0 Å². The molecule has 1 aliphatic rings. The first-order valence-corrected chi connectivity index (χ1v) is 8.58. The third-order valence-electron chi connectivity index (χ3n) is 4.03. The molecule has 7 nitrogen and oxygen atoms in total. The van der Waals surface area contributed by atoms with Gasteiger partial charge in [0, 0.05) is 37.9 Å². The standard InChI is InChI=1S/C18H19N3O4S/c22-16(23)12-21-17(24)15(25-18(21)26)3-1-2-13-4-6-14(7-5-13)20-10-8-19-9-11-20/h2-7,19,24H,8-12H2,(H,22,23). The van der Waals surface area contributed by atoms with Crippen molar-refractivity contribution in [2.45, 2.75) is 6.54 Å². The molecule has 1 aromatic heterocycles. The summed E-state index contributed by atoms with van der Waals surface area (Å²) in [6.45, 7) is 3.51. The van der Waals surface area contributed by atoms with Crippen molar-refractivity contribution < 1.29 is 19.4 Å². The average Bonchev–Trinajstić information content (AvgIpc) is 2.90. The molecule has 2 heterocycles. The first-order chi connectivity index (χ1) is 12.5. The van der Waals surface area contributed by atoms with Crippen molar-refractivity contribution in [2.75, 3.05) is 31.1 Å². The minimum absolute atomic E-state index is 0.0740. The topological polar surface area (TPSA) is 90.9 Å². The van der Waals surface area contributed by atoms with Crippen molar-refractivity contribution in [3.63, 3.8) is 0 Å². The number of aliphatic carboxylic acids is 1. The number of oxazole rings is 1. The van der Waals surface area contributed by atoms with Crippen LogP contribution in [-0.2, 0) is 11.3 Å². The normalized spacial score (nSPS) is 13.9. The average molecular weight is 373 g/mol. The molecule has 0 aliphatic carbocycles. The molecule has 1 fully saturated rings. The van der Waals surface area contributed by atoms with Gasteiger partial charge in [0.05, 0.1) is 0 Å². The summed E-state index contributed by atoms with van der Waals surface area (Å²) in [6.07, 6.45) is 3.17. The van der Waals surface area contributed by atoms with E-state index in [4.69, 9.17) is 21.7 Å². The first-order valence-electron chi connectivity index (χ1n) is 8.17. The van der Waals surface area contributed by atoms with Crippen LogP contribution < -0.4 is 10.2 Å². The van der Waals surface area contributed by atoms with Gasteiger partial charge in [0.2, 0.25) is 5.88 Å². The van der Waals surface area contributed by atoms with E-state index < -0.39 is 12.5 Å². The maximum absolute atomic E-state index is 10.8. The predicted octanol–water partition coefficient (Wildman–Crippen LogP) is 2.34. The lowest BCUT2D eigenvalue weighted by molar-refractivity contribution is -0.137. The predicted molar refractivity (Wildman–Crippen MR) is 101 cm³/mol. The third kappa shape index (κ3) is 4.23. The van der Waals surface area contributed by atoms with Gasteiger partial charge in [0.25, 0.3) is 4.84 Å². The van der Waals surface area contributed by atoms with Crippen molar-refractivity contribution in [3.05, 3.63) is 46.2 Å². The molecule has 136 valence electrons. The summed E-state index contributed by atoms with van der Waals surface area (Å²) < 4.78 is 6.20. The van der Waals surface area contributed by atoms with E-state index >= 15 is 0 Å². The van der Waals surface area contributed by atoms with Crippen LogP contribution in [0.2, 0.25) is 0 Å². The van der Waals surface area contributed by atoms with Gasteiger partial charge in [0.1, 0.15) is 6.54 Å². The number of carboxylic acid groups (broad SMARTS) is 1. The van der Waals surface area contributed by atoms with Gasteiger partial charge in [-0.15, -0.1) is 5.73 Å². The van der Waals surface area contributed by atoms with Crippen molar-refractivity contribution in [1.82, 2.24) is 9.88 Å². The Morgan fingerprint density at radius 1 is 1.27 bits per heavy atom. The van der Waals surface area contributed by atoms with Gasteiger partial charge in [-0.3, -0.25) is 9.36 Å². The van der Waals surface area contributed by atoms with Crippen LogP contribution in [0.15, 0.2) is 34.4 Å². The van der Waals surface area contributed by atoms with E-state index in [0.717, 1.165) is 36.3 Å². The highest BCUT2D eigenvalue weighted by Crippen LogP contribution is 2.22. The Bertz CT molecular complexity index is 902. The van der Waals surface area contributed by atoms with Crippen LogP contribution in [-0.4, -0.2) is 46.9 Å². The van der Waals surface area contributed by atoms with E-state index in [2.05, 4.69) is 28.1 Å². The maximum atomic E-state index is 10.8. The molecule has 2 aromatic rings. The van der Waals surface area contributed by atoms with Gasteiger partial charge < -0.3 is 24.8 Å². The molecule has 0 spiro atoms. The molecule has 1 aromatic carbocycles. The lowest BCUT2D eigenvalue weighted by Gasteiger charge is -2.29. The molecule has 3 N–H and O–H groups in total. The number of carboxylic acids is 1. The van der Waals surface area contributed by atoms with Crippen molar-refractivity contribution >= 4 is 36.0 Å². The Morgan fingerprint density at radius 3 is 2.62 bits per heavy atom. The molecule has 8 heteroatoms. The summed E-state index contributed by atoms with van der Waals surface area (Å²) in [4.78, 5) is 13.0. The number of aromatic nitrogens is 1. The van der Waals surface area contributed by atoms with Gasteiger partial charge in [-0.1, -0.05) is 12.1 Å². The van der Waals surface area contributed by atoms with Gasteiger partial charge >= 0.3 is 5.97 Å². The Balaban J connectivity index is 1.73. The number of carbonyl (C=O) groups is 1. The Labute approximate surface area is 155 Å². The summed E-state index contributed by atoms with van der Waals surface area (Å²) >= 11 is 4.90. The summed E-state index contributed by atoms with van der Waals surface area (Å²) in [5.74, 6) is -1.37. The van der Waals surface area contributed by atoms with E-state index in [1.165, 1.54) is 11.8 Å². The molecule has 26 heavy (non-hydrogen) atoms. The molecule has 0 saturated carbocycles. The first kappa shape index (κ1) is 18.0. The highest BCUT2D eigenvalue weighted by Gasteiger charge is 2.13. The van der Waals surface area contributed by atoms with Crippen LogP contribution in [0, 0.1) is 4.84 Å². The number of hydrogen-bond acceptors (Lipinski definition) is 6. The molecule has 1 aliphatic heterocycles. The molecule has 0 amide bonds. The Kier molecular flexibility index (Phi) is 5.58. The second-order valence-corrected chi connectivity index (χ2v) is 6.17. The van der Waals surface area contributed by atoms with Gasteiger partial charge in [0.15, 0.2) is 5.76 Å². The van der Waals surface area contributed by atoms with Crippen LogP contribution in [0.25, 0.3) is 12.2 Å². The summed E-state index contributed by atoms with van der Waals surface area (Å²) in [6, 6.07) is 8.10. The van der Waals surface area contributed by atoms with Crippen molar-refractivity contribution in [3.8, 4) is 5.88 Å². The summed E-state index contributed by atoms with van der Waals surface area (Å²) in [7, 11) is 0. The molecular weight excluding hydrogens is 354 g/mol. The van der Waals surface area contributed by atoms with Crippen LogP contribution in [0.5, 0.6) is 5.88 Å². The molecule has 3 rings (SSSR count). The molecular formula is C18H19N3O4S. The SMILES string of the molecule is O=C(O)Cn1c(O)c(C=C=Cc2ccc(N3CCNCC3)cc2)oc1=S. The number of rotatable bonds is 5. The minimum Gasteiger partial charge on any atom is -0.492 e. The van der Waals surface area contributed by atoms with Crippen LogP contribution in [0.3, 0.4) is 0 Å². The van der Waals surface area contributed by atoms with E-state index in [1.54, 1.807) is 6.08 Å². The molecule has 0 atom stereocenters. The number of anilines is 1.